The van der Waals surface area contributed by atoms with E-state index in [0.29, 0.717) is 0 Å². The summed E-state index contributed by atoms with van der Waals surface area (Å²) in [7, 11) is 0. The average molecular weight is 167 g/mol. The lowest BCUT2D eigenvalue weighted by Gasteiger charge is -2.50. The van der Waals surface area contributed by atoms with Gasteiger partial charge in [0.1, 0.15) is 0 Å². The Kier molecular flexibility index (Phi) is 2.40. The smallest absolute Gasteiger partial charge is 0.00775 e. The van der Waals surface area contributed by atoms with E-state index in [4.69, 9.17) is 0 Å². The normalized spacial score (nSPS) is 28.8. The van der Waals surface area contributed by atoms with Crippen molar-refractivity contribution >= 4 is 0 Å². The lowest BCUT2D eigenvalue weighted by molar-refractivity contribution is 0.0395. The third kappa shape index (κ3) is 1.52. The largest absolute Gasteiger partial charge is 0.314 e. The number of hydrogen-bond donors (Lipinski definition) is 1. The van der Waals surface area contributed by atoms with Crippen LogP contribution >= 0.6 is 0 Å². The van der Waals surface area contributed by atoms with E-state index in [1.807, 2.05) is 0 Å². The highest BCUT2D eigenvalue weighted by molar-refractivity contribution is 4.98. The van der Waals surface area contributed by atoms with Crippen LogP contribution < -0.4 is 5.32 Å². The van der Waals surface area contributed by atoms with E-state index in [2.05, 4.69) is 12.2 Å². The van der Waals surface area contributed by atoms with Gasteiger partial charge in [-0.15, -0.1) is 0 Å². The Morgan fingerprint density at radius 3 is 2.42 bits per heavy atom. The van der Waals surface area contributed by atoms with E-state index in [9.17, 15) is 0 Å². The maximum atomic E-state index is 3.55. The Morgan fingerprint density at radius 2 is 1.83 bits per heavy atom. The van der Waals surface area contributed by atoms with Gasteiger partial charge in [-0.1, -0.05) is 26.2 Å². The van der Waals surface area contributed by atoms with Crippen molar-refractivity contribution in [1.82, 2.24) is 5.32 Å². The Balaban J connectivity index is 1.77. The van der Waals surface area contributed by atoms with E-state index in [0.717, 1.165) is 18.0 Å². The fraction of sp³-hybridized carbons (Fsp3) is 1.00. The molecule has 0 aromatic rings. The second-order valence-electron chi connectivity index (χ2n) is 4.72. The second-order valence-corrected chi connectivity index (χ2v) is 4.72. The minimum Gasteiger partial charge on any atom is -0.314 e. The highest BCUT2D eigenvalue weighted by Crippen LogP contribution is 2.51. The number of rotatable bonds is 2. The quantitative estimate of drug-likeness (QED) is 0.667. The Morgan fingerprint density at radius 1 is 1.17 bits per heavy atom. The van der Waals surface area contributed by atoms with Crippen LogP contribution in [0, 0.1) is 5.41 Å². The monoisotopic (exact) mass is 167 g/mol. The summed E-state index contributed by atoms with van der Waals surface area (Å²) in [6, 6.07) is 0.869. The molecule has 0 saturated heterocycles. The first kappa shape index (κ1) is 8.55. The van der Waals surface area contributed by atoms with Gasteiger partial charge in [-0.25, -0.2) is 0 Å². The molecular weight excluding hydrogens is 146 g/mol. The first-order valence-electron chi connectivity index (χ1n) is 5.58. The van der Waals surface area contributed by atoms with Gasteiger partial charge >= 0.3 is 0 Å². The summed E-state index contributed by atoms with van der Waals surface area (Å²) in [5, 5.41) is 3.55. The summed E-state index contributed by atoms with van der Waals surface area (Å²) in [6.07, 6.45) is 10.5. The van der Waals surface area contributed by atoms with Gasteiger partial charge in [-0.3, -0.25) is 0 Å². The molecule has 0 heterocycles. The molecule has 2 aliphatic carbocycles. The highest BCUT2D eigenvalue weighted by Gasteiger charge is 2.43. The fourth-order valence-electron chi connectivity index (χ4n) is 3.13. The van der Waals surface area contributed by atoms with Gasteiger partial charge < -0.3 is 5.32 Å². The minimum absolute atomic E-state index is 0.811. The maximum absolute atomic E-state index is 3.55. The van der Waals surface area contributed by atoms with Crippen molar-refractivity contribution in [1.29, 1.82) is 0 Å². The summed E-state index contributed by atoms with van der Waals surface area (Å²) >= 11 is 0. The molecule has 0 aromatic heterocycles. The van der Waals surface area contributed by atoms with Crippen molar-refractivity contribution in [2.75, 3.05) is 6.54 Å². The third-order valence-electron chi connectivity index (χ3n) is 3.77. The molecule has 2 saturated carbocycles. The average Bonchev–Trinajstić information content (AvgIpc) is 2.04. The van der Waals surface area contributed by atoms with Crippen molar-refractivity contribution in [2.24, 2.45) is 5.41 Å². The molecule has 2 rings (SSSR count). The number of nitrogens with one attached hydrogen (secondary N) is 1. The molecule has 0 radical (unpaired) electrons. The van der Waals surface area contributed by atoms with Crippen molar-refractivity contribution in [3.05, 3.63) is 0 Å². The van der Waals surface area contributed by atoms with Gasteiger partial charge in [-0.2, -0.15) is 0 Å². The molecule has 0 bridgehead atoms. The van der Waals surface area contributed by atoms with Crippen LogP contribution in [0.1, 0.15) is 51.9 Å². The Bertz CT molecular complexity index is 139. The third-order valence-corrected chi connectivity index (χ3v) is 3.77. The van der Waals surface area contributed by atoms with Crippen molar-refractivity contribution in [3.63, 3.8) is 0 Å². The Hall–Kier alpha value is -0.0400. The van der Waals surface area contributed by atoms with Crippen LogP contribution in [0.25, 0.3) is 0 Å². The topological polar surface area (TPSA) is 12.0 Å². The molecular formula is C11H21N. The van der Waals surface area contributed by atoms with Gasteiger partial charge in [-0.05, 0) is 37.6 Å². The molecule has 2 aliphatic rings. The molecule has 1 spiro atoms. The number of hydrogen-bond acceptors (Lipinski definition) is 1. The molecule has 12 heavy (non-hydrogen) atoms. The van der Waals surface area contributed by atoms with Crippen LogP contribution in [0.4, 0.5) is 0 Å². The molecule has 0 aromatic carbocycles. The van der Waals surface area contributed by atoms with Crippen LogP contribution in [0.15, 0.2) is 0 Å². The molecule has 0 aliphatic heterocycles. The summed E-state index contributed by atoms with van der Waals surface area (Å²) < 4.78 is 0. The van der Waals surface area contributed by atoms with Crippen LogP contribution in [-0.2, 0) is 0 Å². The predicted octanol–water partition coefficient (Wildman–Crippen LogP) is 2.71. The molecule has 1 heteroatoms. The molecule has 0 atom stereocenters. The molecule has 2 fully saturated rings. The molecule has 0 amide bonds. The van der Waals surface area contributed by atoms with Crippen LogP contribution in [0.2, 0.25) is 0 Å². The van der Waals surface area contributed by atoms with Gasteiger partial charge in [0.2, 0.25) is 0 Å². The first-order chi connectivity index (χ1) is 5.85. The fourth-order valence-corrected chi connectivity index (χ4v) is 3.13. The molecule has 1 N–H and O–H groups in total. The summed E-state index contributed by atoms with van der Waals surface area (Å²) in [6.45, 7) is 3.37. The van der Waals surface area contributed by atoms with E-state index in [1.54, 1.807) is 0 Å². The lowest BCUT2D eigenvalue weighted by Crippen LogP contribution is -2.49. The van der Waals surface area contributed by atoms with Crippen LogP contribution in [-0.4, -0.2) is 12.6 Å². The minimum atomic E-state index is 0.811. The molecule has 70 valence electrons. The second kappa shape index (κ2) is 3.37. The van der Waals surface area contributed by atoms with E-state index < -0.39 is 0 Å². The van der Waals surface area contributed by atoms with Gasteiger partial charge in [0.15, 0.2) is 0 Å². The zero-order valence-electron chi connectivity index (χ0n) is 8.23. The SMILES string of the molecule is CCNC1CC2(CCCCC2)C1. The van der Waals surface area contributed by atoms with Gasteiger partial charge in [0.05, 0.1) is 0 Å². The van der Waals surface area contributed by atoms with Crippen LogP contribution in [0.5, 0.6) is 0 Å². The molecule has 1 nitrogen and oxygen atoms in total. The van der Waals surface area contributed by atoms with E-state index >= 15 is 0 Å². The highest BCUT2D eigenvalue weighted by atomic mass is 14.9. The summed E-state index contributed by atoms with van der Waals surface area (Å²) in [5.74, 6) is 0. The van der Waals surface area contributed by atoms with Crippen molar-refractivity contribution in [2.45, 2.75) is 57.9 Å². The Labute approximate surface area is 75.9 Å². The summed E-state index contributed by atoms with van der Waals surface area (Å²) in [5.41, 5.74) is 0.811. The zero-order valence-corrected chi connectivity index (χ0v) is 8.23. The first-order valence-corrected chi connectivity index (χ1v) is 5.58. The predicted molar refractivity (Wildman–Crippen MR) is 52.2 cm³/mol. The maximum Gasteiger partial charge on any atom is 0.00775 e. The van der Waals surface area contributed by atoms with Crippen molar-refractivity contribution < 1.29 is 0 Å². The summed E-state index contributed by atoms with van der Waals surface area (Å²) in [4.78, 5) is 0. The van der Waals surface area contributed by atoms with E-state index in [1.165, 1.54) is 44.9 Å². The van der Waals surface area contributed by atoms with Gasteiger partial charge in [0, 0.05) is 6.04 Å². The van der Waals surface area contributed by atoms with Gasteiger partial charge in [0.25, 0.3) is 0 Å². The van der Waals surface area contributed by atoms with Crippen LogP contribution in [0.3, 0.4) is 0 Å². The van der Waals surface area contributed by atoms with E-state index in [-0.39, 0.29) is 0 Å². The lowest BCUT2D eigenvalue weighted by atomic mass is 9.58. The zero-order chi connectivity index (χ0) is 8.44. The van der Waals surface area contributed by atoms with Crippen molar-refractivity contribution in [3.8, 4) is 0 Å². The standard InChI is InChI=1S/C11H21N/c1-2-12-10-8-11(9-10)6-4-3-5-7-11/h10,12H,2-9H2,1H3. The molecule has 0 unspecified atom stereocenters.